The van der Waals surface area contributed by atoms with Crippen molar-refractivity contribution in [2.75, 3.05) is 0 Å². The fourth-order valence-corrected chi connectivity index (χ4v) is 4.36. The summed E-state index contributed by atoms with van der Waals surface area (Å²) in [7, 11) is -1.60. The Morgan fingerprint density at radius 2 is 1.74 bits per heavy atom. The molecular weight excluding hydrogens is 371 g/mol. The molecule has 0 aliphatic heterocycles. The van der Waals surface area contributed by atoms with E-state index in [2.05, 4.69) is 19.6 Å². The van der Waals surface area contributed by atoms with E-state index >= 15 is 0 Å². The molecule has 0 bridgehead atoms. The SMILES string of the molecule is C[Si](C)(C)c1ccc2c(c1)cc(C(=O)O)n2Cc1ccccc1C(F)(F)F. The van der Waals surface area contributed by atoms with Gasteiger partial charge in [0.15, 0.2) is 0 Å². The minimum absolute atomic E-state index is 0.0188. The molecule has 3 rings (SSSR count). The summed E-state index contributed by atoms with van der Waals surface area (Å²) in [6, 6.07) is 12.5. The Labute approximate surface area is 156 Å². The minimum Gasteiger partial charge on any atom is -0.477 e. The van der Waals surface area contributed by atoms with E-state index in [-0.39, 0.29) is 17.8 Å². The maximum absolute atomic E-state index is 13.3. The smallest absolute Gasteiger partial charge is 0.416 e. The van der Waals surface area contributed by atoms with Crippen LogP contribution in [0.5, 0.6) is 0 Å². The first kappa shape index (κ1) is 19.2. The van der Waals surface area contributed by atoms with Crippen molar-refractivity contribution in [1.29, 1.82) is 0 Å². The monoisotopic (exact) mass is 391 g/mol. The van der Waals surface area contributed by atoms with Gasteiger partial charge in [-0.3, -0.25) is 0 Å². The number of alkyl halides is 3. The molecule has 0 atom stereocenters. The van der Waals surface area contributed by atoms with Gasteiger partial charge in [-0.05, 0) is 23.8 Å². The third kappa shape index (κ3) is 3.78. The second-order valence-electron chi connectivity index (χ2n) is 7.60. The van der Waals surface area contributed by atoms with Crippen molar-refractivity contribution in [3.05, 3.63) is 65.4 Å². The van der Waals surface area contributed by atoms with Crippen molar-refractivity contribution in [2.45, 2.75) is 32.4 Å². The molecule has 2 aromatic carbocycles. The van der Waals surface area contributed by atoms with Gasteiger partial charge >= 0.3 is 12.1 Å². The highest BCUT2D eigenvalue weighted by Crippen LogP contribution is 2.33. The number of nitrogens with zero attached hydrogens (tertiary/aromatic N) is 1. The van der Waals surface area contributed by atoms with Crippen molar-refractivity contribution in [2.24, 2.45) is 0 Å². The molecule has 0 radical (unpaired) electrons. The van der Waals surface area contributed by atoms with Crippen LogP contribution in [0.25, 0.3) is 10.9 Å². The van der Waals surface area contributed by atoms with Crippen molar-refractivity contribution in [3.63, 3.8) is 0 Å². The van der Waals surface area contributed by atoms with Crippen LogP contribution in [0.3, 0.4) is 0 Å². The van der Waals surface area contributed by atoms with Crippen LogP contribution in [-0.4, -0.2) is 23.7 Å². The molecule has 3 aromatic rings. The Hall–Kier alpha value is -2.54. The van der Waals surface area contributed by atoms with E-state index in [0.29, 0.717) is 5.52 Å². The maximum Gasteiger partial charge on any atom is 0.416 e. The molecule has 27 heavy (non-hydrogen) atoms. The number of hydrogen-bond donors (Lipinski definition) is 1. The van der Waals surface area contributed by atoms with Gasteiger partial charge < -0.3 is 9.67 Å². The zero-order valence-corrected chi connectivity index (χ0v) is 16.3. The molecule has 1 aromatic heterocycles. The van der Waals surface area contributed by atoms with Gasteiger partial charge in [-0.15, -0.1) is 0 Å². The Balaban J connectivity index is 2.17. The zero-order valence-electron chi connectivity index (χ0n) is 15.3. The first-order chi connectivity index (χ1) is 12.5. The number of hydrogen-bond acceptors (Lipinski definition) is 1. The second kappa shape index (κ2) is 6.56. The summed E-state index contributed by atoms with van der Waals surface area (Å²) >= 11 is 0. The number of carbonyl (C=O) groups is 1. The highest BCUT2D eigenvalue weighted by atomic mass is 28.3. The number of carboxylic acids is 1. The van der Waals surface area contributed by atoms with E-state index in [0.717, 1.165) is 11.5 Å². The molecule has 7 heteroatoms. The van der Waals surface area contributed by atoms with Gasteiger partial charge in [-0.25, -0.2) is 4.79 Å². The Morgan fingerprint density at radius 3 is 2.33 bits per heavy atom. The van der Waals surface area contributed by atoms with Crippen molar-refractivity contribution < 1.29 is 23.1 Å². The van der Waals surface area contributed by atoms with Crippen LogP contribution in [0.4, 0.5) is 13.2 Å². The molecule has 0 aliphatic carbocycles. The fourth-order valence-electron chi connectivity index (χ4n) is 3.19. The molecule has 0 saturated carbocycles. The second-order valence-corrected chi connectivity index (χ2v) is 12.7. The van der Waals surface area contributed by atoms with E-state index in [1.54, 1.807) is 0 Å². The predicted molar refractivity (Wildman–Crippen MR) is 102 cm³/mol. The molecule has 0 spiro atoms. The van der Waals surface area contributed by atoms with E-state index in [1.807, 2.05) is 18.2 Å². The summed E-state index contributed by atoms with van der Waals surface area (Å²) in [4.78, 5) is 11.7. The summed E-state index contributed by atoms with van der Waals surface area (Å²) in [6.07, 6.45) is -4.49. The van der Waals surface area contributed by atoms with Crippen molar-refractivity contribution >= 4 is 30.1 Å². The third-order valence-corrected chi connectivity index (χ3v) is 6.68. The number of aromatic carboxylic acids is 1. The quantitative estimate of drug-likeness (QED) is 0.640. The van der Waals surface area contributed by atoms with E-state index in [9.17, 15) is 23.1 Å². The molecule has 0 saturated heterocycles. The number of halogens is 3. The molecule has 1 N–H and O–H groups in total. The lowest BCUT2D eigenvalue weighted by atomic mass is 10.1. The van der Waals surface area contributed by atoms with Gasteiger partial charge in [0, 0.05) is 17.4 Å². The van der Waals surface area contributed by atoms with E-state index in [1.165, 1.54) is 34.0 Å². The highest BCUT2D eigenvalue weighted by Gasteiger charge is 2.33. The fraction of sp³-hybridized carbons (Fsp3) is 0.250. The van der Waals surface area contributed by atoms with Gasteiger partial charge in [-0.1, -0.05) is 55.2 Å². The molecule has 3 nitrogen and oxygen atoms in total. The Morgan fingerprint density at radius 1 is 1.07 bits per heavy atom. The normalized spacial score (nSPS) is 12.5. The summed E-state index contributed by atoms with van der Waals surface area (Å²) in [5, 5.41) is 11.5. The minimum atomic E-state index is -4.49. The van der Waals surface area contributed by atoms with Crippen LogP contribution in [0.15, 0.2) is 48.5 Å². The summed E-state index contributed by atoms with van der Waals surface area (Å²) in [5.41, 5.74) is -0.109. The summed E-state index contributed by atoms with van der Waals surface area (Å²) < 4.78 is 41.4. The van der Waals surface area contributed by atoms with Crippen LogP contribution in [0.2, 0.25) is 19.6 Å². The average molecular weight is 391 g/mol. The Bertz CT molecular complexity index is 1020. The lowest BCUT2D eigenvalue weighted by Crippen LogP contribution is -2.37. The zero-order chi connectivity index (χ0) is 20.0. The molecule has 0 unspecified atom stereocenters. The van der Waals surface area contributed by atoms with Crippen LogP contribution >= 0.6 is 0 Å². The van der Waals surface area contributed by atoms with Gasteiger partial charge in [0.05, 0.1) is 13.6 Å². The summed E-state index contributed by atoms with van der Waals surface area (Å²) in [6.45, 7) is 6.39. The highest BCUT2D eigenvalue weighted by molar-refractivity contribution is 6.88. The van der Waals surface area contributed by atoms with Crippen LogP contribution in [0.1, 0.15) is 21.6 Å². The molecular formula is C20H20F3NO2Si. The maximum atomic E-state index is 13.3. The van der Waals surface area contributed by atoms with Gasteiger partial charge in [0.2, 0.25) is 0 Å². The number of carboxylic acid groups (broad SMARTS) is 1. The van der Waals surface area contributed by atoms with Crippen LogP contribution < -0.4 is 5.19 Å². The average Bonchev–Trinajstić information content (AvgIpc) is 2.92. The number of fused-ring (bicyclic) bond motifs is 1. The third-order valence-electron chi connectivity index (χ3n) is 4.64. The topological polar surface area (TPSA) is 42.2 Å². The number of rotatable bonds is 4. The van der Waals surface area contributed by atoms with E-state index in [4.69, 9.17) is 0 Å². The van der Waals surface area contributed by atoms with Crippen molar-refractivity contribution in [3.8, 4) is 0 Å². The van der Waals surface area contributed by atoms with E-state index < -0.39 is 25.8 Å². The van der Waals surface area contributed by atoms with Gasteiger partial charge in [0.25, 0.3) is 0 Å². The lowest BCUT2D eigenvalue weighted by molar-refractivity contribution is -0.138. The van der Waals surface area contributed by atoms with Gasteiger partial charge in [-0.2, -0.15) is 13.2 Å². The Kier molecular flexibility index (Phi) is 4.67. The van der Waals surface area contributed by atoms with Crippen LogP contribution in [0, 0.1) is 0 Å². The lowest BCUT2D eigenvalue weighted by Gasteiger charge is -2.17. The predicted octanol–water partition coefficient (Wildman–Crippen LogP) is 4.95. The van der Waals surface area contributed by atoms with Gasteiger partial charge in [0.1, 0.15) is 5.69 Å². The molecule has 142 valence electrons. The van der Waals surface area contributed by atoms with Crippen LogP contribution in [-0.2, 0) is 12.7 Å². The first-order valence-corrected chi connectivity index (χ1v) is 12.0. The molecule has 0 amide bonds. The largest absolute Gasteiger partial charge is 0.477 e. The molecule has 0 fully saturated rings. The standard InChI is InChI=1S/C20H20F3NO2Si/c1-27(2,3)15-8-9-17-14(10-15)11-18(19(25)26)24(17)12-13-6-4-5-7-16(13)20(21,22)23/h4-11H,12H2,1-3H3,(H,25,26). The molecule has 0 aliphatic rings. The van der Waals surface area contributed by atoms with Crippen molar-refractivity contribution in [1.82, 2.24) is 4.57 Å². The number of benzene rings is 2. The number of aromatic nitrogens is 1. The first-order valence-electron chi connectivity index (χ1n) is 8.50. The summed E-state index contributed by atoms with van der Waals surface area (Å²) in [5.74, 6) is -1.16. The molecule has 1 heterocycles.